The zero-order valence-electron chi connectivity index (χ0n) is 10.1. The largest absolute Gasteiger partial charge is 0.464 e. The first-order valence-electron chi connectivity index (χ1n) is 5.40. The molecule has 6 nitrogen and oxygen atoms in total. The Morgan fingerprint density at radius 3 is 2.71 bits per heavy atom. The molecule has 17 heavy (non-hydrogen) atoms. The van der Waals surface area contributed by atoms with Gasteiger partial charge in [0.15, 0.2) is 5.79 Å². The maximum atomic E-state index is 11.3. The molecule has 0 aromatic heterocycles. The minimum absolute atomic E-state index is 0.191. The standard InChI is InChI=1S/C11H18N2O4/c1-11(16-7-8-17-11)4-6-13-9(3-5-12)10(14)15-2/h3,5H,4,6-8,12H2,1-2H3. The highest BCUT2D eigenvalue weighted by molar-refractivity contribution is 6.41. The highest BCUT2D eigenvalue weighted by Crippen LogP contribution is 2.22. The molecule has 0 unspecified atom stereocenters. The van der Waals surface area contributed by atoms with Gasteiger partial charge in [0.1, 0.15) is 5.71 Å². The molecule has 6 heteroatoms. The Morgan fingerprint density at radius 1 is 1.53 bits per heavy atom. The molecule has 2 N–H and O–H groups in total. The molecule has 1 aliphatic heterocycles. The van der Waals surface area contributed by atoms with Crippen molar-refractivity contribution in [3.63, 3.8) is 0 Å². The van der Waals surface area contributed by atoms with Gasteiger partial charge in [-0.1, -0.05) is 0 Å². The Hall–Kier alpha value is -1.40. The summed E-state index contributed by atoms with van der Waals surface area (Å²) in [5, 5.41) is 0. The summed E-state index contributed by atoms with van der Waals surface area (Å²) in [6.07, 6.45) is 3.23. The molecule has 0 spiro atoms. The first kappa shape index (κ1) is 13.7. The van der Waals surface area contributed by atoms with Crippen molar-refractivity contribution in [3.8, 4) is 0 Å². The molecule has 96 valence electrons. The van der Waals surface area contributed by atoms with Gasteiger partial charge in [0.05, 0.1) is 20.3 Å². The van der Waals surface area contributed by atoms with Crippen LogP contribution in [-0.2, 0) is 19.0 Å². The van der Waals surface area contributed by atoms with Crippen molar-refractivity contribution < 1.29 is 19.0 Å². The van der Waals surface area contributed by atoms with Crippen LogP contribution >= 0.6 is 0 Å². The molecule has 1 saturated heterocycles. The summed E-state index contributed by atoms with van der Waals surface area (Å²) in [7, 11) is 1.30. The van der Waals surface area contributed by atoms with Crippen molar-refractivity contribution in [3.05, 3.63) is 12.3 Å². The zero-order valence-corrected chi connectivity index (χ0v) is 10.1. The van der Waals surface area contributed by atoms with Gasteiger partial charge in [-0.15, -0.1) is 0 Å². The second-order valence-electron chi connectivity index (χ2n) is 3.70. The Bertz CT molecular complexity index is 319. The van der Waals surface area contributed by atoms with E-state index in [9.17, 15) is 4.79 Å². The smallest absolute Gasteiger partial charge is 0.356 e. The van der Waals surface area contributed by atoms with Crippen LogP contribution in [0, 0.1) is 0 Å². The van der Waals surface area contributed by atoms with Crippen LogP contribution in [0.3, 0.4) is 0 Å². The molecule has 0 radical (unpaired) electrons. The summed E-state index contributed by atoms with van der Waals surface area (Å²) in [4.78, 5) is 15.4. The fourth-order valence-corrected chi connectivity index (χ4v) is 1.46. The lowest BCUT2D eigenvalue weighted by Gasteiger charge is -2.20. The Balaban J connectivity index is 2.51. The van der Waals surface area contributed by atoms with Crippen molar-refractivity contribution in [2.24, 2.45) is 10.7 Å². The number of nitrogens with zero attached hydrogens (tertiary/aromatic N) is 1. The topological polar surface area (TPSA) is 83.1 Å². The van der Waals surface area contributed by atoms with Crippen LogP contribution in [0.2, 0.25) is 0 Å². The van der Waals surface area contributed by atoms with Crippen molar-refractivity contribution in [1.82, 2.24) is 0 Å². The summed E-state index contributed by atoms with van der Waals surface area (Å²) in [6, 6.07) is 0. The quantitative estimate of drug-likeness (QED) is 0.551. The van der Waals surface area contributed by atoms with Gasteiger partial charge in [-0.05, 0) is 19.2 Å². The minimum atomic E-state index is -0.600. The van der Waals surface area contributed by atoms with Crippen LogP contribution in [0.25, 0.3) is 0 Å². The number of rotatable bonds is 5. The van der Waals surface area contributed by atoms with Gasteiger partial charge in [-0.25, -0.2) is 4.79 Å². The second-order valence-corrected chi connectivity index (χ2v) is 3.70. The van der Waals surface area contributed by atoms with Crippen LogP contribution in [0.15, 0.2) is 17.3 Å². The molecule has 0 amide bonds. The summed E-state index contributed by atoms with van der Waals surface area (Å²) < 4.78 is 15.4. The summed E-state index contributed by atoms with van der Waals surface area (Å²) in [5.41, 5.74) is 5.41. The lowest BCUT2D eigenvalue weighted by molar-refractivity contribution is -0.144. The molecule has 0 aromatic carbocycles. The Morgan fingerprint density at radius 2 is 2.18 bits per heavy atom. The van der Waals surface area contributed by atoms with Gasteiger partial charge in [-0.3, -0.25) is 4.99 Å². The van der Waals surface area contributed by atoms with E-state index in [1.165, 1.54) is 19.4 Å². The molecule has 0 saturated carbocycles. The lowest BCUT2D eigenvalue weighted by Crippen LogP contribution is -2.27. The van der Waals surface area contributed by atoms with E-state index in [0.717, 1.165) is 0 Å². The van der Waals surface area contributed by atoms with E-state index in [-0.39, 0.29) is 5.71 Å². The van der Waals surface area contributed by atoms with Gasteiger partial charge in [0.25, 0.3) is 0 Å². The van der Waals surface area contributed by atoms with Crippen molar-refractivity contribution in [2.45, 2.75) is 19.1 Å². The van der Waals surface area contributed by atoms with Crippen molar-refractivity contribution in [2.75, 3.05) is 26.9 Å². The number of ether oxygens (including phenoxy) is 3. The Kier molecular flexibility index (Phi) is 5.11. The predicted molar refractivity (Wildman–Crippen MR) is 62.6 cm³/mol. The van der Waals surface area contributed by atoms with E-state index in [1.54, 1.807) is 0 Å². The fraction of sp³-hybridized carbons (Fsp3) is 0.636. The third-order valence-corrected chi connectivity index (χ3v) is 2.39. The number of carbonyl (C=O) groups excluding carboxylic acids is 1. The van der Waals surface area contributed by atoms with E-state index >= 15 is 0 Å². The normalized spacial score (nSPS) is 19.8. The van der Waals surface area contributed by atoms with Crippen LogP contribution in [0.5, 0.6) is 0 Å². The Labute approximate surface area is 100 Å². The number of methoxy groups -OCH3 is 1. The molecule has 0 aromatic rings. The van der Waals surface area contributed by atoms with Crippen molar-refractivity contribution in [1.29, 1.82) is 0 Å². The maximum Gasteiger partial charge on any atom is 0.356 e. The number of aliphatic imine (C=N–C) groups is 1. The molecule has 1 fully saturated rings. The van der Waals surface area contributed by atoms with E-state index in [1.807, 2.05) is 6.92 Å². The van der Waals surface area contributed by atoms with E-state index < -0.39 is 11.8 Å². The van der Waals surface area contributed by atoms with Gasteiger partial charge >= 0.3 is 5.97 Å². The third kappa shape index (κ3) is 4.16. The average molecular weight is 242 g/mol. The monoisotopic (exact) mass is 242 g/mol. The van der Waals surface area contributed by atoms with Gasteiger partial charge in [0, 0.05) is 13.0 Å². The van der Waals surface area contributed by atoms with Crippen molar-refractivity contribution >= 4 is 11.7 Å². The number of esters is 1. The number of carbonyl (C=O) groups is 1. The van der Waals surface area contributed by atoms with Gasteiger partial charge in [-0.2, -0.15) is 0 Å². The maximum absolute atomic E-state index is 11.3. The molecular weight excluding hydrogens is 224 g/mol. The highest BCUT2D eigenvalue weighted by atomic mass is 16.7. The van der Waals surface area contributed by atoms with E-state index in [0.29, 0.717) is 26.2 Å². The molecule has 1 aliphatic rings. The molecule has 0 atom stereocenters. The van der Waals surface area contributed by atoms with E-state index in [4.69, 9.17) is 15.2 Å². The highest BCUT2D eigenvalue weighted by Gasteiger charge is 2.30. The van der Waals surface area contributed by atoms with E-state index in [2.05, 4.69) is 9.73 Å². The summed E-state index contributed by atoms with van der Waals surface area (Å²) >= 11 is 0. The molecule has 0 aliphatic carbocycles. The fourth-order valence-electron chi connectivity index (χ4n) is 1.46. The summed E-state index contributed by atoms with van der Waals surface area (Å²) in [6.45, 7) is 3.44. The first-order chi connectivity index (χ1) is 8.11. The molecule has 1 heterocycles. The zero-order chi connectivity index (χ0) is 12.7. The molecule has 0 bridgehead atoms. The summed E-state index contributed by atoms with van der Waals surface area (Å²) in [5.74, 6) is -1.11. The van der Waals surface area contributed by atoms with Crippen LogP contribution in [0.4, 0.5) is 0 Å². The molecule has 1 rings (SSSR count). The minimum Gasteiger partial charge on any atom is -0.464 e. The number of hydrogen-bond acceptors (Lipinski definition) is 6. The van der Waals surface area contributed by atoms with Crippen LogP contribution < -0.4 is 5.73 Å². The van der Waals surface area contributed by atoms with Crippen LogP contribution in [-0.4, -0.2) is 44.3 Å². The first-order valence-corrected chi connectivity index (χ1v) is 5.40. The SMILES string of the molecule is COC(=O)C(C=CN)=NCCC1(C)OCCO1. The third-order valence-electron chi connectivity index (χ3n) is 2.39. The van der Waals surface area contributed by atoms with Gasteiger partial charge in [0.2, 0.25) is 0 Å². The predicted octanol–water partition coefficient (Wildman–Crippen LogP) is 0.226. The number of nitrogens with two attached hydrogens (primary N) is 1. The lowest BCUT2D eigenvalue weighted by atomic mass is 10.2. The van der Waals surface area contributed by atoms with Gasteiger partial charge < -0.3 is 19.9 Å². The second kappa shape index (κ2) is 6.36. The average Bonchev–Trinajstić information content (AvgIpc) is 2.74. The molecular formula is C11H18N2O4. The van der Waals surface area contributed by atoms with Crippen LogP contribution in [0.1, 0.15) is 13.3 Å². The number of hydrogen-bond donors (Lipinski definition) is 1.